The number of aliphatic hydroxyl groups is 1. The fraction of sp³-hybridized carbons (Fsp3) is 0.625. The maximum Gasteiger partial charge on any atom is 0.448 e. The summed E-state index contributed by atoms with van der Waals surface area (Å²) in [5, 5.41) is 8.37. The first kappa shape index (κ1) is 12.0. The molecule has 0 aliphatic heterocycles. The van der Waals surface area contributed by atoms with Crippen LogP contribution in [-0.4, -0.2) is 17.1 Å². The summed E-state index contributed by atoms with van der Waals surface area (Å²) in [5.41, 5.74) is 0. The molecule has 0 amide bonds. The molecule has 0 rings (SSSR count). The summed E-state index contributed by atoms with van der Waals surface area (Å²) in [6, 6.07) is 0. The average Bonchev–Trinajstić information content (AvgIpc) is 1.99. The zero-order valence-electron chi connectivity index (χ0n) is 7.19. The van der Waals surface area contributed by atoms with Crippen molar-refractivity contribution in [2.45, 2.75) is 32.4 Å². The summed E-state index contributed by atoms with van der Waals surface area (Å²) in [7, 11) is 0. The van der Waals surface area contributed by atoms with E-state index in [2.05, 4.69) is 0 Å². The lowest BCUT2D eigenvalue weighted by atomic mass is 10.2. The zero-order chi connectivity index (χ0) is 10.5. The number of carbonyl (C=O) groups excluding carboxylic acids is 1. The maximum atomic E-state index is 11.7. The molecule has 1 N–H and O–H groups in total. The first-order valence-corrected chi connectivity index (χ1v) is 3.88. The minimum Gasteiger partial charge on any atom is -0.504 e. The van der Waals surface area contributed by atoms with Crippen molar-refractivity contribution in [2.75, 3.05) is 0 Å². The lowest BCUT2D eigenvalue weighted by Crippen LogP contribution is -2.12. The zero-order valence-corrected chi connectivity index (χ0v) is 7.19. The largest absolute Gasteiger partial charge is 0.504 e. The second kappa shape index (κ2) is 4.89. The van der Waals surface area contributed by atoms with Gasteiger partial charge >= 0.3 is 6.18 Å². The highest BCUT2D eigenvalue weighted by atomic mass is 19.4. The van der Waals surface area contributed by atoms with Gasteiger partial charge in [-0.1, -0.05) is 13.3 Å². The van der Waals surface area contributed by atoms with Crippen LogP contribution in [0.5, 0.6) is 0 Å². The summed E-state index contributed by atoms with van der Waals surface area (Å²) in [6.45, 7) is 1.82. The maximum absolute atomic E-state index is 11.7. The van der Waals surface area contributed by atoms with Gasteiger partial charge in [0.1, 0.15) is 0 Å². The number of carbonyl (C=O) groups is 1. The molecule has 0 heterocycles. The van der Waals surface area contributed by atoms with Crippen LogP contribution in [0.1, 0.15) is 26.2 Å². The van der Waals surface area contributed by atoms with E-state index in [1.165, 1.54) is 0 Å². The van der Waals surface area contributed by atoms with Crippen molar-refractivity contribution in [3.05, 3.63) is 11.8 Å². The quantitative estimate of drug-likeness (QED) is 0.554. The molecule has 0 aromatic carbocycles. The Bertz CT molecular complexity index is 206. The molecule has 2 nitrogen and oxygen atoms in total. The molecule has 0 aliphatic rings. The Morgan fingerprint density at radius 1 is 1.46 bits per heavy atom. The van der Waals surface area contributed by atoms with Gasteiger partial charge in [-0.05, 0) is 6.42 Å². The highest BCUT2D eigenvalue weighted by molar-refractivity contribution is 5.90. The van der Waals surface area contributed by atoms with Gasteiger partial charge in [0.05, 0.1) is 0 Å². The van der Waals surface area contributed by atoms with Crippen molar-refractivity contribution in [1.82, 2.24) is 0 Å². The van der Waals surface area contributed by atoms with Gasteiger partial charge in [0, 0.05) is 12.5 Å². The van der Waals surface area contributed by atoms with E-state index in [0.717, 1.165) is 6.42 Å². The van der Waals surface area contributed by atoms with Crippen LogP contribution in [-0.2, 0) is 4.79 Å². The van der Waals surface area contributed by atoms with Crippen molar-refractivity contribution >= 4 is 5.78 Å². The van der Waals surface area contributed by atoms with Gasteiger partial charge < -0.3 is 5.11 Å². The van der Waals surface area contributed by atoms with Crippen molar-refractivity contribution in [3.63, 3.8) is 0 Å². The van der Waals surface area contributed by atoms with Crippen LogP contribution in [0.15, 0.2) is 11.8 Å². The molecule has 0 fully saturated rings. The molecule has 13 heavy (non-hydrogen) atoms. The third-order valence-corrected chi connectivity index (χ3v) is 1.36. The molecule has 0 bridgehead atoms. The van der Waals surface area contributed by atoms with E-state index in [9.17, 15) is 18.0 Å². The molecule has 0 saturated carbocycles. The Morgan fingerprint density at radius 2 is 2.00 bits per heavy atom. The van der Waals surface area contributed by atoms with Gasteiger partial charge in [0.25, 0.3) is 0 Å². The standard InChI is InChI=1S/C8H11F3O2/c1-2-3-4-6(12)5-7(13)8(9,10)11/h5,13H,2-4H2,1H3. The lowest BCUT2D eigenvalue weighted by molar-refractivity contribution is -0.125. The van der Waals surface area contributed by atoms with E-state index >= 15 is 0 Å². The fourth-order valence-corrected chi connectivity index (χ4v) is 0.657. The Kier molecular flexibility index (Phi) is 4.51. The normalized spacial score (nSPS) is 13.1. The number of hydrogen-bond donors (Lipinski definition) is 1. The topological polar surface area (TPSA) is 37.3 Å². The minimum absolute atomic E-state index is 0.0383. The number of hydrogen-bond acceptors (Lipinski definition) is 2. The van der Waals surface area contributed by atoms with E-state index in [1.54, 1.807) is 0 Å². The SMILES string of the molecule is CCCCC(=O)C=C(O)C(F)(F)F. The van der Waals surface area contributed by atoms with Crippen molar-refractivity contribution < 1.29 is 23.1 Å². The molecule has 0 saturated heterocycles. The van der Waals surface area contributed by atoms with Gasteiger partial charge in [-0.3, -0.25) is 4.79 Å². The molecule has 76 valence electrons. The molecule has 5 heteroatoms. The van der Waals surface area contributed by atoms with E-state index < -0.39 is 17.7 Å². The van der Waals surface area contributed by atoms with Gasteiger partial charge in [-0.2, -0.15) is 13.2 Å². The number of alkyl halides is 3. The van der Waals surface area contributed by atoms with E-state index in [4.69, 9.17) is 5.11 Å². The van der Waals surface area contributed by atoms with Crippen LogP contribution in [0.2, 0.25) is 0 Å². The van der Waals surface area contributed by atoms with E-state index in [0.29, 0.717) is 6.42 Å². The molecular weight excluding hydrogens is 185 g/mol. The van der Waals surface area contributed by atoms with E-state index in [1.807, 2.05) is 6.92 Å². The highest BCUT2D eigenvalue weighted by Gasteiger charge is 2.34. The molecule has 0 radical (unpaired) electrons. The third kappa shape index (κ3) is 5.27. The molecule has 0 aromatic rings. The smallest absolute Gasteiger partial charge is 0.448 e. The first-order chi connectivity index (χ1) is 5.88. The number of ketones is 1. The second-order valence-electron chi connectivity index (χ2n) is 2.60. The minimum atomic E-state index is -4.82. The van der Waals surface area contributed by atoms with Gasteiger partial charge in [-0.25, -0.2) is 0 Å². The Balaban J connectivity index is 4.15. The molecule has 0 aromatic heterocycles. The molecule has 0 unspecified atom stereocenters. The Morgan fingerprint density at radius 3 is 2.38 bits per heavy atom. The summed E-state index contributed by atoms with van der Waals surface area (Å²) >= 11 is 0. The monoisotopic (exact) mass is 196 g/mol. The fourth-order valence-electron chi connectivity index (χ4n) is 0.657. The van der Waals surface area contributed by atoms with Crippen LogP contribution in [0, 0.1) is 0 Å². The third-order valence-electron chi connectivity index (χ3n) is 1.36. The number of rotatable bonds is 4. The van der Waals surface area contributed by atoms with Gasteiger partial charge in [-0.15, -0.1) is 0 Å². The number of allylic oxidation sites excluding steroid dienone is 2. The summed E-state index contributed by atoms with van der Waals surface area (Å²) < 4.78 is 35.0. The average molecular weight is 196 g/mol. The summed E-state index contributed by atoms with van der Waals surface area (Å²) in [4.78, 5) is 10.7. The van der Waals surface area contributed by atoms with Crippen LogP contribution in [0.3, 0.4) is 0 Å². The van der Waals surface area contributed by atoms with Crippen molar-refractivity contribution in [1.29, 1.82) is 0 Å². The van der Waals surface area contributed by atoms with Crippen LogP contribution in [0.25, 0.3) is 0 Å². The van der Waals surface area contributed by atoms with Crippen LogP contribution >= 0.6 is 0 Å². The Labute approximate surface area is 74.1 Å². The molecular formula is C8H11F3O2. The van der Waals surface area contributed by atoms with Crippen LogP contribution < -0.4 is 0 Å². The predicted molar refractivity (Wildman–Crippen MR) is 41.3 cm³/mol. The van der Waals surface area contributed by atoms with Crippen molar-refractivity contribution in [3.8, 4) is 0 Å². The predicted octanol–water partition coefficient (Wildman–Crippen LogP) is 2.75. The number of aliphatic hydroxyl groups excluding tert-OH is 1. The van der Waals surface area contributed by atoms with Crippen LogP contribution in [0.4, 0.5) is 13.2 Å². The van der Waals surface area contributed by atoms with E-state index in [-0.39, 0.29) is 12.5 Å². The second-order valence-corrected chi connectivity index (χ2v) is 2.60. The first-order valence-electron chi connectivity index (χ1n) is 3.88. The summed E-state index contributed by atoms with van der Waals surface area (Å²) in [6.07, 6.45) is -3.29. The van der Waals surface area contributed by atoms with Gasteiger partial charge in [0.2, 0.25) is 5.76 Å². The summed E-state index contributed by atoms with van der Waals surface area (Å²) in [5.74, 6) is -2.52. The number of unbranched alkanes of at least 4 members (excludes halogenated alkanes) is 1. The molecule has 0 aliphatic carbocycles. The lowest BCUT2D eigenvalue weighted by Gasteiger charge is -2.03. The molecule has 0 atom stereocenters. The Hall–Kier alpha value is -1.00. The van der Waals surface area contributed by atoms with Gasteiger partial charge in [0.15, 0.2) is 5.78 Å². The molecule has 0 spiro atoms. The van der Waals surface area contributed by atoms with Crippen molar-refractivity contribution in [2.24, 2.45) is 0 Å². The highest BCUT2D eigenvalue weighted by Crippen LogP contribution is 2.23. The number of halogens is 3.